The first-order valence-corrected chi connectivity index (χ1v) is 11.4. The van der Waals surface area contributed by atoms with Crippen molar-refractivity contribution in [2.75, 3.05) is 27.1 Å². The van der Waals surface area contributed by atoms with E-state index in [0.717, 1.165) is 18.4 Å². The molecule has 0 saturated heterocycles. The highest BCUT2D eigenvalue weighted by molar-refractivity contribution is 7.99. The third kappa shape index (κ3) is 5.05. The van der Waals surface area contributed by atoms with Crippen LogP contribution in [0.3, 0.4) is 0 Å². The molecule has 0 unspecified atom stereocenters. The smallest absolute Gasteiger partial charge is 0.230 e. The number of nitrogens with one attached hydrogen (secondary N) is 1. The maximum atomic E-state index is 14.3. The molecule has 0 spiro atoms. The summed E-state index contributed by atoms with van der Waals surface area (Å²) in [5, 5.41) is 11.9. The summed E-state index contributed by atoms with van der Waals surface area (Å²) in [5.74, 6) is 1.69. The molecule has 8 nitrogen and oxygen atoms in total. The number of amides is 1. The van der Waals surface area contributed by atoms with Crippen molar-refractivity contribution in [2.45, 2.75) is 30.6 Å². The van der Waals surface area contributed by atoms with Crippen molar-refractivity contribution >= 4 is 17.7 Å². The topological polar surface area (TPSA) is 87.5 Å². The van der Waals surface area contributed by atoms with Gasteiger partial charge in [0.2, 0.25) is 11.7 Å². The lowest BCUT2D eigenvalue weighted by Crippen LogP contribution is -2.24. The van der Waals surface area contributed by atoms with Crippen LogP contribution in [0.25, 0.3) is 11.4 Å². The highest BCUT2D eigenvalue weighted by Gasteiger charge is 2.31. The summed E-state index contributed by atoms with van der Waals surface area (Å²) in [6.07, 6.45) is 1.97. The van der Waals surface area contributed by atoms with Crippen LogP contribution in [0.1, 0.15) is 24.4 Å². The molecule has 1 aliphatic carbocycles. The average Bonchev–Trinajstić information content (AvgIpc) is 3.59. The van der Waals surface area contributed by atoms with E-state index in [1.54, 1.807) is 44.6 Å². The minimum Gasteiger partial charge on any atom is -0.493 e. The summed E-state index contributed by atoms with van der Waals surface area (Å²) in [5.41, 5.74) is 1.22. The summed E-state index contributed by atoms with van der Waals surface area (Å²) >= 11 is 1.29. The van der Waals surface area contributed by atoms with Gasteiger partial charge in [0.25, 0.3) is 0 Å². The summed E-state index contributed by atoms with van der Waals surface area (Å²) in [7, 11) is 4.63. The van der Waals surface area contributed by atoms with Gasteiger partial charge in [-0.15, -0.1) is 10.2 Å². The first-order chi connectivity index (χ1) is 16.0. The predicted molar refractivity (Wildman–Crippen MR) is 122 cm³/mol. The molecule has 0 aliphatic heterocycles. The van der Waals surface area contributed by atoms with Crippen LogP contribution in [-0.2, 0) is 11.3 Å². The maximum Gasteiger partial charge on any atom is 0.230 e. The monoisotopic (exact) mass is 472 g/mol. The maximum absolute atomic E-state index is 14.3. The zero-order valence-electron chi connectivity index (χ0n) is 18.6. The van der Waals surface area contributed by atoms with Gasteiger partial charge in [0, 0.05) is 12.6 Å². The van der Waals surface area contributed by atoms with E-state index in [4.69, 9.17) is 14.2 Å². The van der Waals surface area contributed by atoms with Crippen LogP contribution in [0.15, 0.2) is 41.6 Å². The molecule has 3 aromatic rings. The number of ether oxygens (including phenoxy) is 3. The molecule has 1 aliphatic rings. The van der Waals surface area contributed by atoms with Crippen molar-refractivity contribution in [3.8, 4) is 28.6 Å². The Morgan fingerprint density at radius 1 is 1.12 bits per heavy atom. The van der Waals surface area contributed by atoms with Crippen LogP contribution in [0, 0.1) is 5.82 Å². The van der Waals surface area contributed by atoms with Gasteiger partial charge in [-0.25, -0.2) is 4.39 Å². The Balaban J connectivity index is 1.42. The molecule has 33 heavy (non-hydrogen) atoms. The summed E-state index contributed by atoms with van der Waals surface area (Å²) in [4.78, 5) is 12.5. The molecule has 2 aromatic carbocycles. The quantitative estimate of drug-likeness (QED) is 0.449. The Morgan fingerprint density at radius 3 is 2.42 bits per heavy atom. The van der Waals surface area contributed by atoms with Gasteiger partial charge in [-0.05, 0) is 42.7 Å². The van der Waals surface area contributed by atoms with Crippen LogP contribution in [0.4, 0.5) is 4.39 Å². The number of rotatable bonds is 10. The van der Waals surface area contributed by atoms with Crippen LogP contribution < -0.4 is 19.5 Å². The lowest BCUT2D eigenvalue weighted by atomic mass is 10.2. The van der Waals surface area contributed by atoms with Crippen molar-refractivity contribution < 1.29 is 23.4 Å². The second kappa shape index (κ2) is 10.1. The Morgan fingerprint density at radius 2 is 1.82 bits per heavy atom. The number of hydrogen-bond acceptors (Lipinski definition) is 7. The second-order valence-electron chi connectivity index (χ2n) is 7.49. The zero-order valence-corrected chi connectivity index (χ0v) is 19.4. The van der Waals surface area contributed by atoms with E-state index in [1.165, 1.54) is 24.9 Å². The van der Waals surface area contributed by atoms with Crippen LogP contribution in [0.5, 0.6) is 17.2 Å². The molecule has 1 amide bonds. The number of thioether (sulfide) groups is 1. The van der Waals surface area contributed by atoms with Crippen LogP contribution in [-0.4, -0.2) is 47.8 Å². The fourth-order valence-electron chi connectivity index (χ4n) is 3.48. The average molecular weight is 473 g/mol. The van der Waals surface area contributed by atoms with Gasteiger partial charge in [0.15, 0.2) is 22.5 Å². The third-order valence-electron chi connectivity index (χ3n) is 5.24. The predicted octanol–water partition coefficient (Wildman–Crippen LogP) is 3.85. The van der Waals surface area contributed by atoms with Crippen LogP contribution in [0.2, 0.25) is 0 Å². The van der Waals surface area contributed by atoms with Gasteiger partial charge in [-0.2, -0.15) is 0 Å². The van der Waals surface area contributed by atoms with Gasteiger partial charge < -0.3 is 19.5 Å². The van der Waals surface area contributed by atoms with E-state index >= 15 is 0 Å². The lowest BCUT2D eigenvalue weighted by Gasteiger charge is -2.14. The Hall–Kier alpha value is -3.27. The molecule has 0 radical (unpaired) electrons. The summed E-state index contributed by atoms with van der Waals surface area (Å²) in [6.45, 7) is 0.298. The highest BCUT2D eigenvalue weighted by atomic mass is 32.2. The lowest BCUT2D eigenvalue weighted by molar-refractivity contribution is -0.118. The number of carbonyl (C=O) groups excluding carboxylic acids is 1. The number of nitrogens with zero attached hydrogens (tertiary/aromatic N) is 3. The van der Waals surface area contributed by atoms with E-state index < -0.39 is 0 Å². The van der Waals surface area contributed by atoms with E-state index in [2.05, 4.69) is 15.5 Å². The number of benzene rings is 2. The van der Waals surface area contributed by atoms with Gasteiger partial charge in [0.1, 0.15) is 5.82 Å². The van der Waals surface area contributed by atoms with Crippen molar-refractivity contribution in [2.24, 2.45) is 0 Å². The van der Waals surface area contributed by atoms with E-state index in [1.807, 2.05) is 4.57 Å². The normalized spacial score (nSPS) is 13.0. The standard InChI is InChI=1S/C23H25FN4O4S/c1-30-18-10-14(11-19(31-2)21(18)32-3)12-25-20(29)13-33-23-27-26-22(28(23)15-8-9-15)16-6-4-5-7-17(16)24/h4-7,10-11,15H,8-9,12-13H2,1-3H3,(H,25,29). The van der Waals surface area contributed by atoms with Gasteiger partial charge in [-0.1, -0.05) is 23.9 Å². The Bertz CT molecular complexity index is 1120. The summed E-state index contributed by atoms with van der Waals surface area (Å²) in [6, 6.07) is 10.3. The number of carbonyl (C=O) groups is 1. The van der Waals surface area contributed by atoms with Crippen molar-refractivity contribution in [3.05, 3.63) is 47.8 Å². The minimum absolute atomic E-state index is 0.159. The van der Waals surface area contributed by atoms with Crippen molar-refractivity contribution in [3.63, 3.8) is 0 Å². The fraction of sp³-hybridized carbons (Fsp3) is 0.348. The van der Waals surface area contributed by atoms with Crippen molar-refractivity contribution in [1.29, 1.82) is 0 Å². The van der Waals surface area contributed by atoms with E-state index in [0.29, 0.717) is 40.3 Å². The molecule has 1 N–H and O–H groups in total. The van der Waals surface area contributed by atoms with Gasteiger partial charge in [-0.3, -0.25) is 9.36 Å². The highest BCUT2D eigenvalue weighted by Crippen LogP contribution is 2.41. The first-order valence-electron chi connectivity index (χ1n) is 10.4. The molecule has 0 atom stereocenters. The van der Waals surface area contributed by atoms with Crippen LogP contribution >= 0.6 is 11.8 Å². The Labute approximate surface area is 195 Å². The molecular formula is C23H25FN4O4S. The number of methoxy groups -OCH3 is 3. The molecule has 1 aromatic heterocycles. The molecule has 174 valence electrons. The second-order valence-corrected chi connectivity index (χ2v) is 8.43. The fourth-order valence-corrected chi connectivity index (χ4v) is 4.32. The van der Waals surface area contributed by atoms with Crippen molar-refractivity contribution in [1.82, 2.24) is 20.1 Å². The number of hydrogen-bond donors (Lipinski definition) is 1. The summed E-state index contributed by atoms with van der Waals surface area (Å²) < 4.78 is 32.3. The first kappa shape index (κ1) is 22.9. The number of halogens is 1. The molecule has 1 heterocycles. The molecule has 1 fully saturated rings. The molecule has 1 saturated carbocycles. The Kier molecular flexibility index (Phi) is 7.02. The SMILES string of the molecule is COc1cc(CNC(=O)CSc2nnc(-c3ccccc3F)n2C2CC2)cc(OC)c1OC. The van der Waals surface area contributed by atoms with Gasteiger partial charge in [0.05, 0.1) is 32.6 Å². The molecular weight excluding hydrogens is 447 g/mol. The molecule has 10 heteroatoms. The van der Waals surface area contributed by atoms with Gasteiger partial charge >= 0.3 is 0 Å². The zero-order chi connectivity index (χ0) is 23.4. The third-order valence-corrected chi connectivity index (χ3v) is 6.18. The van der Waals surface area contributed by atoms with E-state index in [9.17, 15) is 9.18 Å². The largest absolute Gasteiger partial charge is 0.493 e. The molecule has 4 rings (SSSR count). The van der Waals surface area contributed by atoms with E-state index in [-0.39, 0.29) is 23.5 Å². The molecule has 0 bridgehead atoms. The number of aromatic nitrogens is 3. The minimum atomic E-state index is -0.341.